The number of nitrogens with one attached hydrogen (secondary N) is 2. The van der Waals surface area contributed by atoms with Gasteiger partial charge < -0.3 is 25.8 Å². The Kier molecular flexibility index (Phi) is 9.59. The van der Waals surface area contributed by atoms with Crippen LogP contribution in [-0.4, -0.2) is 23.4 Å². The Bertz CT molecular complexity index is 851. The van der Waals surface area contributed by atoms with Gasteiger partial charge in [-0.1, -0.05) is 30.3 Å². The fraction of sp³-hybridized carbons (Fsp3) is 0.417. The maximum atomic E-state index is 12.0. The lowest BCUT2D eigenvalue weighted by atomic mass is 10.1. The van der Waals surface area contributed by atoms with E-state index < -0.39 is 11.7 Å². The largest absolute Gasteiger partial charge is 0.493 e. The smallest absolute Gasteiger partial charge is 0.407 e. The molecule has 0 saturated heterocycles. The van der Waals surface area contributed by atoms with Crippen LogP contribution in [0.5, 0.6) is 5.75 Å². The van der Waals surface area contributed by atoms with Crippen LogP contribution in [0, 0.1) is 0 Å². The minimum atomic E-state index is -0.557. The molecule has 0 aliphatic heterocycles. The molecular formula is C24H33N3O3S. The van der Waals surface area contributed by atoms with E-state index in [1.54, 1.807) is 0 Å². The van der Waals surface area contributed by atoms with Gasteiger partial charge in [0.15, 0.2) is 5.11 Å². The molecule has 0 atom stereocenters. The number of anilines is 1. The van der Waals surface area contributed by atoms with E-state index in [-0.39, 0.29) is 11.7 Å². The summed E-state index contributed by atoms with van der Waals surface area (Å²) in [7, 11) is 0. The third kappa shape index (κ3) is 10.2. The number of ether oxygens (including phenoxy) is 2. The molecule has 0 aromatic heterocycles. The number of carbonyl (C=O) groups excluding carboxylic acids is 1. The fourth-order valence-corrected chi connectivity index (χ4v) is 3.11. The number of alkyl carbamates (subject to hydrolysis) is 1. The molecule has 0 heterocycles. The summed E-state index contributed by atoms with van der Waals surface area (Å²) >= 11 is 4.91. The Labute approximate surface area is 190 Å². The van der Waals surface area contributed by atoms with Crippen LogP contribution in [0.15, 0.2) is 48.5 Å². The molecular weight excluding hydrogens is 410 g/mol. The molecule has 1 amide bonds. The minimum absolute atomic E-state index is 0.179. The first kappa shape index (κ1) is 24.5. The molecule has 0 bridgehead atoms. The Balaban J connectivity index is 1.87. The van der Waals surface area contributed by atoms with E-state index in [9.17, 15) is 4.79 Å². The molecule has 6 nitrogen and oxygen atoms in total. The molecule has 0 unspecified atom stereocenters. The van der Waals surface area contributed by atoms with Crippen LogP contribution < -0.4 is 21.1 Å². The standard InChI is InChI=1S/C24H33N3O3S/c1-24(2,3)30-23(28)26-17-19-16-20(27-22(25)31)13-14-21(19)29-15-9-5-8-12-18-10-6-4-7-11-18/h4,6-7,10-11,13-14,16H,5,8-9,12,15,17H2,1-3H3,(H,26,28)(H3,25,27,31). The minimum Gasteiger partial charge on any atom is -0.493 e. The summed E-state index contributed by atoms with van der Waals surface area (Å²) in [4.78, 5) is 12.0. The van der Waals surface area contributed by atoms with Crippen LogP contribution in [0.25, 0.3) is 0 Å². The molecule has 0 radical (unpaired) electrons. The monoisotopic (exact) mass is 443 g/mol. The number of rotatable bonds is 10. The van der Waals surface area contributed by atoms with E-state index in [0.717, 1.165) is 36.9 Å². The van der Waals surface area contributed by atoms with Crippen LogP contribution >= 0.6 is 12.2 Å². The molecule has 2 rings (SSSR count). The second-order valence-electron chi connectivity index (χ2n) is 8.31. The van der Waals surface area contributed by atoms with Gasteiger partial charge in [0.05, 0.1) is 6.61 Å². The predicted octanol–water partition coefficient (Wildman–Crippen LogP) is 5.16. The predicted molar refractivity (Wildman–Crippen MR) is 129 cm³/mol. The number of hydrogen-bond donors (Lipinski definition) is 3. The van der Waals surface area contributed by atoms with Crippen LogP contribution in [0.1, 0.15) is 51.2 Å². The van der Waals surface area contributed by atoms with Crippen molar-refractivity contribution in [1.82, 2.24) is 5.32 Å². The normalized spacial score (nSPS) is 10.9. The number of nitrogens with two attached hydrogens (primary N) is 1. The Morgan fingerprint density at radius 2 is 1.81 bits per heavy atom. The van der Waals surface area contributed by atoms with E-state index in [2.05, 4.69) is 34.9 Å². The number of amides is 1. The lowest BCUT2D eigenvalue weighted by Crippen LogP contribution is -2.32. The van der Waals surface area contributed by atoms with E-state index in [1.165, 1.54) is 5.56 Å². The molecule has 31 heavy (non-hydrogen) atoms. The molecule has 7 heteroatoms. The summed E-state index contributed by atoms with van der Waals surface area (Å²) in [5.74, 6) is 0.715. The molecule has 0 spiro atoms. The summed E-state index contributed by atoms with van der Waals surface area (Å²) in [5.41, 5.74) is 7.93. The first-order valence-electron chi connectivity index (χ1n) is 10.6. The van der Waals surface area contributed by atoms with Gasteiger partial charge in [-0.2, -0.15) is 0 Å². The van der Waals surface area contributed by atoms with Gasteiger partial charge in [0.25, 0.3) is 0 Å². The number of unbranched alkanes of at least 4 members (excludes halogenated alkanes) is 2. The average molecular weight is 444 g/mol. The van der Waals surface area contributed by atoms with Crippen molar-refractivity contribution in [3.63, 3.8) is 0 Å². The zero-order valence-corrected chi connectivity index (χ0v) is 19.4. The van der Waals surface area contributed by atoms with Crippen molar-refractivity contribution in [2.24, 2.45) is 5.73 Å². The van der Waals surface area contributed by atoms with Crippen LogP contribution in [0.4, 0.5) is 10.5 Å². The SMILES string of the molecule is CC(C)(C)OC(=O)NCc1cc(NC(N)=S)ccc1OCCCCCc1ccccc1. The van der Waals surface area contributed by atoms with Gasteiger partial charge in [0, 0.05) is 17.8 Å². The van der Waals surface area contributed by atoms with Crippen molar-refractivity contribution in [3.05, 3.63) is 59.7 Å². The lowest BCUT2D eigenvalue weighted by Gasteiger charge is -2.20. The lowest BCUT2D eigenvalue weighted by molar-refractivity contribution is 0.0523. The molecule has 2 aromatic rings. The fourth-order valence-electron chi connectivity index (χ4n) is 2.99. The van der Waals surface area contributed by atoms with Crippen molar-refractivity contribution in [1.29, 1.82) is 0 Å². The zero-order valence-electron chi connectivity index (χ0n) is 18.6. The van der Waals surface area contributed by atoms with E-state index in [0.29, 0.717) is 12.4 Å². The van der Waals surface area contributed by atoms with Gasteiger partial charge in [-0.25, -0.2) is 4.79 Å². The molecule has 4 N–H and O–H groups in total. The second-order valence-corrected chi connectivity index (χ2v) is 8.75. The topological polar surface area (TPSA) is 85.6 Å². The molecule has 0 aliphatic rings. The summed E-state index contributed by atoms with van der Waals surface area (Å²) in [5, 5.41) is 5.86. The van der Waals surface area contributed by atoms with Crippen LogP contribution in [-0.2, 0) is 17.7 Å². The first-order valence-corrected chi connectivity index (χ1v) is 11.0. The summed E-state index contributed by atoms with van der Waals surface area (Å²) in [6.45, 7) is 6.35. The van der Waals surface area contributed by atoms with E-state index in [1.807, 2.05) is 45.0 Å². The van der Waals surface area contributed by atoms with Crippen LogP contribution in [0.2, 0.25) is 0 Å². The number of aryl methyl sites for hydroxylation is 1. The summed E-state index contributed by atoms with van der Waals surface area (Å²) in [6, 6.07) is 16.1. The Morgan fingerprint density at radius 1 is 1.06 bits per heavy atom. The number of hydrogen-bond acceptors (Lipinski definition) is 4. The molecule has 0 aliphatic carbocycles. The van der Waals surface area contributed by atoms with E-state index >= 15 is 0 Å². The average Bonchev–Trinajstić information content (AvgIpc) is 2.69. The maximum absolute atomic E-state index is 12.0. The number of thiocarbonyl (C=S) groups is 1. The maximum Gasteiger partial charge on any atom is 0.407 e. The van der Waals surface area contributed by atoms with E-state index in [4.69, 9.17) is 27.4 Å². The van der Waals surface area contributed by atoms with Crippen molar-refractivity contribution >= 4 is 29.1 Å². The van der Waals surface area contributed by atoms with Crippen molar-refractivity contribution in [2.45, 2.75) is 58.6 Å². The third-order valence-corrected chi connectivity index (χ3v) is 4.46. The van der Waals surface area contributed by atoms with Gasteiger partial charge in [0.2, 0.25) is 0 Å². The highest BCUT2D eigenvalue weighted by molar-refractivity contribution is 7.80. The highest BCUT2D eigenvalue weighted by atomic mass is 32.1. The number of benzene rings is 2. The number of carbonyl (C=O) groups is 1. The second kappa shape index (κ2) is 12.2. The van der Waals surface area contributed by atoms with Crippen molar-refractivity contribution < 1.29 is 14.3 Å². The van der Waals surface area contributed by atoms with Gasteiger partial charge in [-0.15, -0.1) is 0 Å². The molecule has 168 valence electrons. The van der Waals surface area contributed by atoms with Gasteiger partial charge in [-0.3, -0.25) is 0 Å². The van der Waals surface area contributed by atoms with Gasteiger partial charge in [-0.05, 0) is 82.4 Å². The van der Waals surface area contributed by atoms with Crippen molar-refractivity contribution in [3.8, 4) is 5.75 Å². The van der Waals surface area contributed by atoms with Crippen molar-refractivity contribution in [2.75, 3.05) is 11.9 Å². The Hall–Kier alpha value is -2.80. The highest BCUT2D eigenvalue weighted by Crippen LogP contribution is 2.24. The summed E-state index contributed by atoms with van der Waals surface area (Å²) in [6.07, 6.45) is 3.76. The highest BCUT2D eigenvalue weighted by Gasteiger charge is 2.16. The molecule has 0 saturated carbocycles. The Morgan fingerprint density at radius 3 is 2.48 bits per heavy atom. The molecule has 0 fully saturated rings. The molecule has 2 aromatic carbocycles. The van der Waals surface area contributed by atoms with Gasteiger partial charge in [0.1, 0.15) is 11.4 Å². The van der Waals surface area contributed by atoms with Gasteiger partial charge >= 0.3 is 6.09 Å². The first-order chi connectivity index (χ1) is 14.7. The van der Waals surface area contributed by atoms with Crippen LogP contribution in [0.3, 0.4) is 0 Å². The summed E-state index contributed by atoms with van der Waals surface area (Å²) < 4.78 is 11.3. The quantitative estimate of drug-likeness (QED) is 0.347. The third-order valence-electron chi connectivity index (χ3n) is 4.36. The zero-order chi connectivity index (χ0) is 22.7.